The lowest BCUT2D eigenvalue weighted by atomic mass is 9.93. The first-order valence-corrected chi connectivity index (χ1v) is 6.76. The summed E-state index contributed by atoms with van der Waals surface area (Å²) in [6, 6.07) is 1.82. The lowest BCUT2D eigenvalue weighted by molar-refractivity contribution is 0.0804. The molecule has 1 heterocycles. The van der Waals surface area contributed by atoms with E-state index in [0.29, 0.717) is 13.2 Å². The maximum Gasteiger partial charge on any atom is 0.130 e. The fourth-order valence-corrected chi connectivity index (χ4v) is 2.79. The topological polar surface area (TPSA) is 62.9 Å². The van der Waals surface area contributed by atoms with E-state index >= 15 is 0 Å². The maximum absolute atomic E-state index is 6.02. The maximum atomic E-state index is 6.02. The smallest absolute Gasteiger partial charge is 0.130 e. The third-order valence-electron chi connectivity index (χ3n) is 3.69. The van der Waals surface area contributed by atoms with Gasteiger partial charge in [-0.2, -0.15) is 0 Å². The number of ether oxygens (including phenoxy) is 4. The highest BCUT2D eigenvalue weighted by Crippen LogP contribution is 2.41. The summed E-state index contributed by atoms with van der Waals surface area (Å²) in [6.07, 6.45) is 0.580. The fraction of sp³-hybridized carbons (Fsp3) is 0.600. The molecule has 0 saturated heterocycles. The van der Waals surface area contributed by atoms with Crippen LogP contribution in [0.3, 0.4) is 0 Å². The summed E-state index contributed by atoms with van der Waals surface area (Å²) in [6.45, 7) is 3.14. The zero-order valence-electron chi connectivity index (χ0n) is 12.6. The fourth-order valence-electron chi connectivity index (χ4n) is 2.79. The first kappa shape index (κ1) is 15.1. The first-order valence-electron chi connectivity index (χ1n) is 6.76. The quantitative estimate of drug-likeness (QED) is 0.892. The second kappa shape index (κ2) is 6.43. The number of methoxy groups -OCH3 is 3. The van der Waals surface area contributed by atoms with Crippen molar-refractivity contribution in [3.63, 3.8) is 0 Å². The van der Waals surface area contributed by atoms with Gasteiger partial charge >= 0.3 is 0 Å². The van der Waals surface area contributed by atoms with Crippen LogP contribution in [0, 0.1) is 0 Å². The SMILES string of the molecule is COc1cc([C@@H](OC)[C@@H](C)N)c(OC)c2c1CCOC2. The Kier molecular flexibility index (Phi) is 4.86. The van der Waals surface area contributed by atoms with Crippen LogP contribution in [0.1, 0.15) is 29.7 Å². The predicted molar refractivity (Wildman–Crippen MR) is 76.3 cm³/mol. The minimum atomic E-state index is -0.244. The van der Waals surface area contributed by atoms with Crippen molar-refractivity contribution >= 4 is 0 Å². The van der Waals surface area contributed by atoms with Crippen LogP contribution in [0.15, 0.2) is 6.07 Å². The molecule has 2 rings (SSSR count). The summed E-state index contributed by atoms with van der Waals surface area (Å²) in [4.78, 5) is 0. The van der Waals surface area contributed by atoms with E-state index in [1.165, 1.54) is 0 Å². The highest BCUT2D eigenvalue weighted by atomic mass is 16.5. The summed E-state index contributed by atoms with van der Waals surface area (Å²) >= 11 is 0. The Morgan fingerprint density at radius 3 is 2.50 bits per heavy atom. The van der Waals surface area contributed by atoms with Crippen molar-refractivity contribution in [2.75, 3.05) is 27.9 Å². The zero-order valence-corrected chi connectivity index (χ0v) is 12.6. The Morgan fingerprint density at radius 1 is 1.20 bits per heavy atom. The minimum absolute atomic E-state index is 0.152. The molecular formula is C15H23NO4. The molecule has 0 amide bonds. The highest BCUT2D eigenvalue weighted by Gasteiger charge is 2.27. The van der Waals surface area contributed by atoms with Gasteiger partial charge in [-0.25, -0.2) is 0 Å². The molecule has 0 bridgehead atoms. The molecule has 20 heavy (non-hydrogen) atoms. The van der Waals surface area contributed by atoms with E-state index in [-0.39, 0.29) is 12.1 Å². The molecule has 0 aromatic heterocycles. The standard InChI is InChI=1S/C15H23NO4/c1-9(16)14(18-3)11-7-13(17-2)10-5-6-20-8-12(10)15(11)19-4/h7,9,14H,5-6,8,16H2,1-4H3/t9-,14+/m1/s1. The molecule has 1 aliphatic heterocycles. The van der Waals surface area contributed by atoms with E-state index in [2.05, 4.69) is 0 Å². The number of rotatable bonds is 5. The minimum Gasteiger partial charge on any atom is -0.496 e. The molecule has 5 heteroatoms. The van der Waals surface area contributed by atoms with Crippen LogP contribution in [-0.2, 0) is 22.5 Å². The second-order valence-electron chi connectivity index (χ2n) is 4.98. The number of benzene rings is 1. The average Bonchev–Trinajstić information content (AvgIpc) is 2.46. The summed E-state index contributed by atoms with van der Waals surface area (Å²) in [7, 11) is 4.99. The Balaban J connectivity index is 2.61. The Hall–Kier alpha value is -1.30. The van der Waals surface area contributed by atoms with Crippen LogP contribution in [0.5, 0.6) is 11.5 Å². The van der Waals surface area contributed by atoms with Crippen molar-refractivity contribution in [3.8, 4) is 11.5 Å². The van der Waals surface area contributed by atoms with Crippen molar-refractivity contribution in [1.29, 1.82) is 0 Å². The number of fused-ring (bicyclic) bond motifs is 1. The van der Waals surface area contributed by atoms with Crippen LogP contribution in [-0.4, -0.2) is 34.0 Å². The van der Waals surface area contributed by atoms with Crippen molar-refractivity contribution in [3.05, 3.63) is 22.8 Å². The lowest BCUT2D eigenvalue weighted by Gasteiger charge is -2.28. The van der Waals surface area contributed by atoms with E-state index in [9.17, 15) is 0 Å². The molecule has 5 nitrogen and oxygen atoms in total. The van der Waals surface area contributed by atoms with Gasteiger partial charge in [0.15, 0.2) is 0 Å². The third kappa shape index (κ3) is 2.61. The largest absolute Gasteiger partial charge is 0.496 e. The third-order valence-corrected chi connectivity index (χ3v) is 3.69. The van der Waals surface area contributed by atoms with Crippen LogP contribution < -0.4 is 15.2 Å². The van der Waals surface area contributed by atoms with Crippen molar-refractivity contribution in [2.45, 2.75) is 32.1 Å². The van der Waals surface area contributed by atoms with Gasteiger partial charge in [0.1, 0.15) is 17.6 Å². The Morgan fingerprint density at radius 2 is 1.95 bits per heavy atom. The van der Waals surface area contributed by atoms with Gasteiger partial charge in [0.25, 0.3) is 0 Å². The monoisotopic (exact) mass is 281 g/mol. The van der Waals surface area contributed by atoms with Crippen LogP contribution in [0.25, 0.3) is 0 Å². The summed E-state index contributed by atoms with van der Waals surface area (Å²) < 4.78 is 22.2. The van der Waals surface area contributed by atoms with Crippen molar-refractivity contribution in [2.24, 2.45) is 5.73 Å². The van der Waals surface area contributed by atoms with E-state index < -0.39 is 0 Å². The summed E-state index contributed by atoms with van der Waals surface area (Å²) in [5.41, 5.74) is 9.12. The van der Waals surface area contributed by atoms with Gasteiger partial charge in [0.05, 0.1) is 27.4 Å². The normalized spacial score (nSPS) is 17.2. The van der Waals surface area contributed by atoms with Gasteiger partial charge in [-0.3, -0.25) is 0 Å². The summed E-state index contributed by atoms with van der Waals surface area (Å²) in [5, 5.41) is 0. The number of nitrogens with two attached hydrogens (primary N) is 1. The van der Waals surface area contributed by atoms with Gasteiger partial charge in [0.2, 0.25) is 0 Å². The van der Waals surface area contributed by atoms with Crippen LogP contribution in [0.4, 0.5) is 0 Å². The molecule has 2 N–H and O–H groups in total. The molecule has 1 aromatic carbocycles. The van der Waals surface area contributed by atoms with Gasteiger partial charge in [0, 0.05) is 29.8 Å². The molecule has 0 unspecified atom stereocenters. The second-order valence-corrected chi connectivity index (χ2v) is 4.98. The van der Waals surface area contributed by atoms with E-state index in [0.717, 1.165) is 34.6 Å². The average molecular weight is 281 g/mol. The Labute approximate surface area is 120 Å². The zero-order chi connectivity index (χ0) is 14.7. The van der Waals surface area contributed by atoms with E-state index in [1.807, 2.05) is 13.0 Å². The van der Waals surface area contributed by atoms with E-state index in [1.54, 1.807) is 21.3 Å². The van der Waals surface area contributed by atoms with Crippen molar-refractivity contribution in [1.82, 2.24) is 0 Å². The summed E-state index contributed by atoms with van der Waals surface area (Å²) in [5.74, 6) is 1.64. The van der Waals surface area contributed by atoms with Gasteiger partial charge < -0.3 is 24.7 Å². The van der Waals surface area contributed by atoms with Gasteiger partial charge in [-0.05, 0) is 19.4 Å². The molecule has 1 aliphatic rings. The molecule has 0 aliphatic carbocycles. The number of hydrogen-bond acceptors (Lipinski definition) is 5. The lowest BCUT2D eigenvalue weighted by Crippen LogP contribution is -2.27. The molecule has 112 valence electrons. The van der Waals surface area contributed by atoms with Crippen molar-refractivity contribution < 1.29 is 18.9 Å². The molecule has 0 fully saturated rings. The molecule has 0 radical (unpaired) electrons. The predicted octanol–water partition coefficient (Wildman–Crippen LogP) is 1.81. The van der Waals surface area contributed by atoms with Gasteiger partial charge in [-0.15, -0.1) is 0 Å². The molecule has 1 aromatic rings. The van der Waals surface area contributed by atoms with Crippen LogP contribution >= 0.6 is 0 Å². The molecule has 0 saturated carbocycles. The Bertz CT molecular complexity index is 473. The molecule has 2 atom stereocenters. The highest BCUT2D eigenvalue weighted by molar-refractivity contribution is 5.55. The van der Waals surface area contributed by atoms with Gasteiger partial charge in [-0.1, -0.05) is 0 Å². The first-order chi connectivity index (χ1) is 9.63. The number of hydrogen-bond donors (Lipinski definition) is 1. The molecular weight excluding hydrogens is 258 g/mol. The van der Waals surface area contributed by atoms with Crippen LogP contribution in [0.2, 0.25) is 0 Å². The van der Waals surface area contributed by atoms with E-state index in [4.69, 9.17) is 24.7 Å². The molecule has 0 spiro atoms.